The SMILES string of the molecule is O=C1COc2ccc(S(=O)(=O)N3CCC[C@@H]3c3ccccn3)cc2N1. The quantitative estimate of drug-likeness (QED) is 0.905. The number of nitrogens with one attached hydrogen (secondary N) is 1. The molecule has 25 heavy (non-hydrogen) atoms. The van der Waals surface area contributed by atoms with Crippen LogP contribution in [0, 0.1) is 0 Å². The first-order valence-electron chi connectivity index (χ1n) is 8.05. The number of carbonyl (C=O) groups is 1. The first-order valence-corrected chi connectivity index (χ1v) is 9.49. The molecule has 8 heteroatoms. The number of nitrogens with zero attached hydrogens (tertiary/aromatic N) is 2. The molecule has 1 amide bonds. The van der Waals surface area contributed by atoms with E-state index in [2.05, 4.69) is 10.3 Å². The predicted molar refractivity (Wildman–Crippen MR) is 90.7 cm³/mol. The van der Waals surface area contributed by atoms with Crippen LogP contribution in [0.25, 0.3) is 0 Å². The van der Waals surface area contributed by atoms with E-state index < -0.39 is 10.0 Å². The van der Waals surface area contributed by atoms with Gasteiger partial charge in [-0.3, -0.25) is 9.78 Å². The molecule has 2 aliphatic rings. The van der Waals surface area contributed by atoms with Crippen molar-refractivity contribution in [3.8, 4) is 5.75 Å². The average molecular weight is 359 g/mol. The molecule has 0 unspecified atom stereocenters. The summed E-state index contributed by atoms with van der Waals surface area (Å²) in [5, 5.41) is 2.65. The van der Waals surface area contributed by atoms with Crippen molar-refractivity contribution in [2.75, 3.05) is 18.5 Å². The maximum atomic E-state index is 13.1. The molecule has 1 aromatic carbocycles. The van der Waals surface area contributed by atoms with E-state index in [1.807, 2.05) is 18.2 Å². The summed E-state index contributed by atoms with van der Waals surface area (Å²) in [7, 11) is -3.70. The van der Waals surface area contributed by atoms with Gasteiger partial charge in [-0.15, -0.1) is 0 Å². The molecule has 1 fully saturated rings. The number of benzene rings is 1. The monoisotopic (exact) mass is 359 g/mol. The van der Waals surface area contributed by atoms with E-state index in [1.165, 1.54) is 16.4 Å². The Morgan fingerprint density at radius 3 is 2.92 bits per heavy atom. The second-order valence-corrected chi connectivity index (χ2v) is 7.91. The van der Waals surface area contributed by atoms with Crippen LogP contribution in [-0.4, -0.2) is 36.8 Å². The molecule has 0 saturated carbocycles. The minimum Gasteiger partial charge on any atom is -0.482 e. The molecule has 2 aromatic rings. The number of rotatable bonds is 3. The van der Waals surface area contributed by atoms with Gasteiger partial charge in [-0.1, -0.05) is 6.07 Å². The molecule has 3 heterocycles. The number of hydrogen-bond donors (Lipinski definition) is 1. The second-order valence-electron chi connectivity index (χ2n) is 6.02. The second kappa shape index (κ2) is 6.12. The Hall–Kier alpha value is -2.45. The van der Waals surface area contributed by atoms with E-state index in [-0.39, 0.29) is 23.5 Å². The van der Waals surface area contributed by atoms with Gasteiger partial charge >= 0.3 is 0 Å². The molecule has 0 aliphatic carbocycles. The van der Waals surface area contributed by atoms with Crippen LogP contribution in [0.1, 0.15) is 24.6 Å². The molecule has 4 rings (SSSR count). The lowest BCUT2D eigenvalue weighted by Gasteiger charge is -2.25. The number of carbonyl (C=O) groups excluding carboxylic acids is 1. The zero-order chi connectivity index (χ0) is 17.4. The Bertz CT molecular complexity index is 915. The van der Waals surface area contributed by atoms with Crippen LogP contribution in [-0.2, 0) is 14.8 Å². The normalized spacial score (nSPS) is 20.6. The number of anilines is 1. The minimum atomic E-state index is -3.70. The van der Waals surface area contributed by atoms with Crippen molar-refractivity contribution >= 4 is 21.6 Å². The van der Waals surface area contributed by atoms with E-state index in [0.29, 0.717) is 18.0 Å². The minimum absolute atomic E-state index is 0.0625. The number of ether oxygens (including phenoxy) is 1. The van der Waals surface area contributed by atoms with Crippen LogP contribution in [0.4, 0.5) is 5.69 Å². The lowest BCUT2D eigenvalue weighted by atomic mass is 10.1. The molecule has 2 aliphatic heterocycles. The van der Waals surface area contributed by atoms with Gasteiger partial charge in [0.1, 0.15) is 5.75 Å². The molecule has 0 spiro atoms. The Balaban J connectivity index is 1.69. The van der Waals surface area contributed by atoms with Crippen molar-refractivity contribution in [1.82, 2.24) is 9.29 Å². The first-order chi connectivity index (χ1) is 12.1. The van der Waals surface area contributed by atoms with E-state index in [4.69, 9.17) is 4.74 Å². The summed E-state index contributed by atoms with van der Waals surface area (Å²) in [6.45, 7) is 0.385. The lowest BCUT2D eigenvalue weighted by molar-refractivity contribution is -0.118. The fourth-order valence-corrected chi connectivity index (χ4v) is 4.95. The van der Waals surface area contributed by atoms with Crippen LogP contribution >= 0.6 is 0 Å². The molecule has 0 bridgehead atoms. The van der Waals surface area contributed by atoms with Crippen molar-refractivity contribution in [1.29, 1.82) is 0 Å². The summed E-state index contributed by atoms with van der Waals surface area (Å²) in [5.74, 6) is 0.177. The van der Waals surface area contributed by atoms with Crippen LogP contribution in [0.5, 0.6) is 5.75 Å². The van der Waals surface area contributed by atoms with Crippen molar-refractivity contribution in [2.45, 2.75) is 23.8 Å². The molecule has 1 saturated heterocycles. The van der Waals surface area contributed by atoms with Crippen molar-refractivity contribution < 1.29 is 17.9 Å². The Labute approximate surface area is 145 Å². The molecule has 0 radical (unpaired) electrons. The summed E-state index contributed by atoms with van der Waals surface area (Å²) >= 11 is 0. The number of pyridine rings is 1. The van der Waals surface area contributed by atoms with Gasteiger partial charge in [-0.25, -0.2) is 8.42 Å². The van der Waals surface area contributed by atoms with E-state index in [1.54, 1.807) is 12.3 Å². The fourth-order valence-electron chi connectivity index (χ4n) is 3.25. The average Bonchev–Trinajstić information content (AvgIpc) is 3.12. The highest BCUT2D eigenvalue weighted by Crippen LogP contribution is 2.37. The largest absolute Gasteiger partial charge is 0.482 e. The molecule has 7 nitrogen and oxygen atoms in total. The van der Waals surface area contributed by atoms with Crippen LogP contribution in [0.15, 0.2) is 47.5 Å². The third-order valence-electron chi connectivity index (χ3n) is 4.42. The van der Waals surface area contributed by atoms with E-state index >= 15 is 0 Å². The van der Waals surface area contributed by atoms with Gasteiger partial charge in [0.15, 0.2) is 6.61 Å². The summed E-state index contributed by atoms with van der Waals surface area (Å²) in [4.78, 5) is 15.9. The highest BCUT2D eigenvalue weighted by atomic mass is 32.2. The maximum absolute atomic E-state index is 13.1. The number of aromatic nitrogens is 1. The van der Waals surface area contributed by atoms with E-state index in [9.17, 15) is 13.2 Å². The van der Waals surface area contributed by atoms with Crippen LogP contribution in [0.3, 0.4) is 0 Å². The predicted octanol–water partition coefficient (Wildman–Crippen LogP) is 1.94. The summed E-state index contributed by atoms with van der Waals surface area (Å²) in [6, 6.07) is 9.79. The van der Waals surface area contributed by atoms with Gasteiger partial charge in [0, 0.05) is 12.7 Å². The van der Waals surface area contributed by atoms with Crippen LogP contribution in [0.2, 0.25) is 0 Å². The van der Waals surface area contributed by atoms with E-state index in [0.717, 1.165) is 18.5 Å². The summed E-state index contributed by atoms with van der Waals surface area (Å²) in [6.07, 6.45) is 3.19. The van der Waals surface area contributed by atoms with Gasteiger partial charge in [0.05, 0.1) is 22.3 Å². The third kappa shape index (κ3) is 2.87. The Kier molecular flexibility index (Phi) is 3.93. The molecule has 1 aromatic heterocycles. The van der Waals surface area contributed by atoms with Crippen molar-refractivity contribution in [3.63, 3.8) is 0 Å². The third-order valence-corrected chi connectivity index (χ3v) is 6.33. The van der Waals surface area contributed by atoms with Crippen molar-refractivity contribution in [3.05, 3.63) is 48.3 Å². The molecular formula is C17H17N3O4S. The Morgan fingerprint density at radius 1 is 1.24 bits per heavy atom. The molecule has 1 N–H and O–H groups in total. The zero-order valence-corrected chi connectivity index (χ0v) is 14.2. The maximum Gasteiger partial charge on any atom is 0.262 e. The van der Waals surface area contributed by atoms with Gasteiger partial charge in [-0.05, 0) is 43.2 Å². The highest BCUT2D eigenvalue weighted by Gasteiger charge is 2.37. The zero-order valence-electron chi connectivity index (χ0n) is 13.4. The standard InChI is InChI=1S/C17H17N3O4S/c21-17-11-24-16-7-6-12(10-14(16)19-17)25(22,23)20-9-3-5-15(20)13-4-1-2-8-18-13/h1-2,4,6-8,10,15H,3,5,9,11H2,(H,19,21)/t15-/m1/s1. The number of hydrogen-bond acceptors (Lipinski definition) is 5. The summed E-state index contributed by atoms with van der Waals surface area (Å²) in [5.41, 5.74) is 1.13. The molecular weight excluding hydrogens is 342 g/mol. The summed E-state index contributed by atoms with van der Waals surface area (Å²) < 4.78 is 33.0. The van der Waals surface area contributed by atoms with Crippen molar-refractivity contribution in [2.24, 2.45) is 0 Å². The Morgan fingerprint density at radius 2 is 2.12 bits per heavy atom. The highest BCUT2D eigenvalue weighted by molar-refractivity contribution is 7.89. The number of sulfonamides is 1. The fraction of sp³-hybridized carbons (Fsp3) is 0.294. The van der Waals surface area contributed by atoms with Crippen LogP contribution < -0.4 is 10.1 Å². The van der Waals surface area contributed by atoms with Gasteiger partial charge in [-0.2, -0.15) is 4.31 Å². The smallest absolute Gasteiger partial charge is 0.262 e. The molecule has 1 atom stereocenters. The topological polar surface area (TPSA) is 88.6 Å². The molecule has 130 valence electrons. The van der Waals surface area contributed by atoms with Gasteiger partial charge in [0.2, 0.25) is 10.0 Å². The number of fused-ring (bicyclic) bond motifs is 1. The lowest BCUT2D eigenvalue weighted by Crippen LogP contribution is -2.31. The first kappa shape index (κ1) is 16.0. The van der Waals surface area contributed by atoms with Gasteiger partial charge in [0.25, 0.3) is 5.91 Å². The number of amides is 1. The van der Waals surface area contributed by atoms with Gasteiger partial charge < -0.3 is 10.1 Å².